The number of fused-ring (bicyclic) bond motifs is 4. The van der Waals surface area contributed by atoms with Crippen LogP contribution in [0.15, 0.2) is 35.9 Å². The van der Waals surface area contributed by atoms with Gasteiger partial charge in [0.2, 0.25) is 0 Å². The quantitative estimate of drug-likeness (QED) is 0.648. The van der Waals surface area contributed by atoms with E-state index < -0.39 is 0 Å². The molecule has 3 unspecified atom stereocenters. The molecule has 3 fully saturated rings. The Bertz CT molecular complexity index is 866. The molecule has 0 radical (unpaired) electrons. The molecule has 4 bridgehead atoms. The summed E-state index contributed by atoms with van der Waals surface area (Å²) in [5, 5.41) is 1.32. The number of carbonyl (C=O) groups excluding carboxylic acids is 1. The number of aromatic nitrogens is 1. The number of methoxy groups -OCH3 is 1. The van der Waals surface area contributed by atoms with Gasteiger partial charge in [0.1, 0.15) is 0 Å². The molecular formula is C20H22N2O2. The van der Waals surface area contributed by atoms with Gasteiger partial charge in [-0.3, -0.25) is 9.69 Å². The summed E-state index contributed by atoms with van der Waals surface area (Å²) in [6.45, 7) is 3.08. The molecule has 24 heavy (non-hydrogen) atoms. The maximum atomic E-state index is 12.5. The summed E-state index contributed by atoms with van der Waals surface area (Å²) in [7, 11) is 1.52. The minimum absolute atomic E-state index is 0.0342. The van der Waals surface area contributed by atoms with Gasteiger partial charge < -0.3 is 9.72 Å². The highest BCUT2D eigenvalue weighted by molar-refractivity contribution is 5.86. The van der Waals surface area contributed by atoms with Gasteiger partial charge in [-0.05, 0) is 37.3 Å². The SMILES string of the molecule is CC=C1CN2C3C[C@H]1C(C(=O)OC)[C@H]2Cc1c3[nH]c2ccccc12. The number of H-pyrrole nitrogens is 1. The van der Waals surface area contributed by atoms with Crippen LogP contribution in [-0.4, -0.2) is 35.5 Å². The van der Waals surface area contributed by atoms with E-state index >= 15 is 0 Å². The minimum atomic E-state index is -0.0456. The molecule has 5 atom stereocenters. The lowest BCUT2D eigenvalue weighted by Crippen LogP contribution is -2.62. The molecule has 0 saturated carbocycles. The number of aromatic amines is 1. The molecule has 124 valence electrons. The van der Waals surface area contributed by atoms with E-state index in [-0.39, 0.29) is 17.9 Å². The maximum Gasteiger partial charge on any atom is 0.310 e. The fraction of sp³-hybridized carbons (Fsp3) is 0.450. The molecule has 1 aromatic carbocycles. The number of hydrogen-bond donors (Lipinski definition) is 1. The zero-order chi connectivity index (χ0) is 16.4. The Labute approximate surface area is 141 Å². The summed E-state index contributed by atoms with van der Waals surface area (Å²) in [4.78, 5) is 18.8. The van der Waals surface area contributed by atoms with E-state index in [0.29, 0.717) is 12.0 Å². The van der Waals surface area contributed by atoms with Crippen LogP contribution >= 0.6 is 0 Å². The molecule has 0 spiro atoms. The zero-order valence-corrected chi connectivity index (χ0v) is 14.1. The van der Waals surface area contributed by atoms with E-state index in [2.05, 4.69) is 47.1 Å². The number of nitrogens with one attached hydrogen (secondary N) is 1. The van der Waals surface area contributed by atoms with Gasteiger partial charge in [-0.15, -0.1) is 0 Å². The molecule has 1 aromatic heterocycles. The average molecular weight is 322 g/mol. The van der Waals surface area contributed by atoms with Gasteiger partial charge in [-0.2, -0.15) is 0 Å². The summed E-state index contributed by atoms with van der Waals surface area (Å²) in [5.41, 5.74) is 5.40. The summed E-state index contributed by atoms with van der Waals surface area (Å²) in [6.07, 6.45) is 4.15. The monoisotopic (exact) mass is 322 g/mol. The number of hydrogen-bond acceptors (Lipinski definition) is 3. The van der Waals surface area contributed by atoms with E-state index in [1.165, 1.54) is 34.8 Å². The Balaban J connectivity index is 1.67. The molecule has 0 aliphatic carbocycles. The molecular weight excluding hydrogens is 300 g/mol. The smallest absolute Gasteiger partial charge is 0.310 e. The number of rotatable bonds is 1. The Morgan fingerprint density at radius 2 is 2.21 bits per heavy atom. The largest absolute Gasteiger partial charge is 0.469 e. The van der Waals surface area contributed by atoms with Gasteiger partial charge in [-0.25, -0.2) is 0 Å². The van der Waals surface area contributed by atoms with Crippen molar-refractivity contribution in [1.29, 1.82) is 0 Å². The molecule has 6 rings (SSSR count). The number of piperidine rings is 3. The molecule has 3 saturated heterocycles. The van der Waals surface area contributed by atoms with Gasteiger partial charge in [-0.1, -0.05) is 29.8 Å². The van der Waals surface area contributed by atoms with Crippen molar-refractivity contribution >= 4 is 16.9 Å². The van der Waals surface area contributed by atoms with Gasteiger partial charge in [0, 0.05) is 29.2 Å². The van der Waals surface area contributed by atoms with Crippen molar-refractivity contribution in [2.24, 2.45) is 11.8 Å². The molecule has 4 aliphatic rings. The van der Waals surface area contributed by atoms with Gasteiger partial charge in [0.25, 0.3) is 0 Å². The topological polar surface area (TPSA) is 45.3 Å². The number of para-hydroxylation sites is 1. The fourth-order valence-corrected chi connectivity index (χ4v) is 5.39. The molecule has 5 heterocycles. The highest BCUT2D eigenvalue weighted by Crippen LogP contribution is 2.54. The van der Waals surface area contributed by atoms with Gasteiger partial charge in [0.15, 0.2) is 0 Å². The molecule has 0 amide bonds. The second-order valence-corrected chi connectivity index (χ2v) is 7.28. The van der Waals surface area contributed by atoms with E-state index in [1.807, 2.05) is 0 Å². The van der Waals surface area contributed by atoms with Crippen LogP contribution in [0.3, 0.4) is 0 Å². The fourth-order valence-electron chi connectivity index (χ4n) is 5.39. The highest BCUT2D eigenvalue weighted by atomic mass is 16.5. The first-order valence-corrected chi connectivity index (χ1v) is 8.81. The van der Waals surface area contributed by atoms with Crippen molar-refractivity contribution in [2.75, 3.05) is 13.7 Å². The van der Waals surface area contributed by atoms with Crippen molar-refractivity contribution in [3.63, 3.8) is 0 Å². The van der Waals surface area contributed by atoms with Crippen LogP contribution in [0.4, 0.5) is 0 Å². The number of nitrogens with zero attached hydrogens (tertiary/aromatic N) is 1. The lowest BCUT2D eigenvalue weighted by atomic mass is 9.64. The van der Waals surface area contributed by atoms with Crippen molar-refractivity contribution in [3.05, 3.63) is 47.2 Å². The lowest BCUT2D eigenvalue weighted by molar-refractivity contribution is -0.157. The third-order valence-electron chi connectivity index (χ3n) is 6.43. The second-order valence-electron chi connectivity index (χ2n) is 7.28. The Morgan fingerprint density at radius 3 is 3.00 bits per heavy atom. The Morgan fingerprint density at radius 1 is 1.38 bits per heavy atom. The van der Waals surface area contributed by atoms with Crippen LogP contribution in [0.5, 0.6) is 0 Å². The number of benzene rings is 1. The number of allylic oxidation sites excluding steroid dienone is 1. The first-order chi connectivity index (χ1) is 11.7. The average Bonchev–Trinajstić information content (AvgIpc) is 2.99. The van der Waals surface area contributed by atoms with Crippen molar-refractivity contribution in [3.8, 4) is 0 Å². The van der Waals surface area contributed by atoms with Crippen LogP contribution in [-0.2, 0) is 16.0 Å². The maximum absolute atomic E-state index is 12.5. The number of carbonyl (C=O) groups is 1. The molecule has 4 heteroatoms. The summed E-state index contributed by atoms with van der Waals surface area (Å²) in [6, 6.07) is 9.20. The third-order valence-corrected chi connectivity index (χ3v) is 6.43. The molecule has 1 N–H and O–H groups in total. The molecule has 4 aliphatic heterocycles. The second kappa shape index (κ2) is 4.96. The summed E-state index contributed by atoms with van der Waals surface area (Å²) >= 11 is 0. The van der Waals surface area contributed by atoms with Crippen LogP contribution in [0.1, 0.15) is 30.6 Å². The van der Waals surface area contributed by atoms with Crippen LogP contribution < -0.4 is 0 Å². The lowest BCUT2D eigenvalue weighted by Gasteiger charge is -2.57. The Kier molecular flexibility index (Phi) is 2.95. The van der Waals surface area contributed by atoms with Crippen LogP contribution in [0.2, 0.25) is 0 Å². The van der Waals surface area contributed by atoms with Gasteiger partial charge >= 0.3 is 5.97 Å². The first-order valence-electron chi connectivity index (χ1n) is 8.81. The normalized spacial score (nSPS) is 35.2. The van der Waals surface area contributed by atoms with Crippen molar-refractivity contribution < 1.29 is 9.53 Å². The van der Waals surface area contributed by atoms with E-state index in [0.717, 1.165) is 19.4 Å². The third kappa shape index (κ3) is 1.69. The van der Waals surface area contributed by atoms with E-state index in [1.54, 1.807) is 0 Å². The van der Waals surface area contributed by atoms with Crippen LogP contribution in [0.25, 0.3) is 10.9 Å². The summed E-state index contributed by atoms with van der Waals surface area (Å²) in [5.74, 6) is 0.241. The molecule has 4 nitrogen and oxygen atoms in total. The zero-order valence-electron chi connectivity index (χ0n) is 14.1. The summed E-state index contributed by atoms with van der Waals surface area (Å²) < 4.78 is 5.18. The van der Waals surface area contributed by atoms with Gasteiger partial charge in [0.05, 0.1) is 19.1 Å². The predicted molar refractivity (Wildman–Crippen MR) is 92.6 cm³/mol. The number of ether oxygens (including phenoxy) is 1. The number of esters is 1. The van der Waals surface area contributed by atoms with Crippen LogP contribution in [0, 0.1) is 11.8 Å². The van der Waals surface area contributed by atoms with Crippen molar-refractivity contribution in [1.82, 2.24) is 9.88 Å². The first kappa shape index (κ1) is 14.3. The van der Waals surface area contributed by atoms with E-state index in [9.17, 15) is 4.79 Å². The van der Waals surface area contributed by atoms with Crippen molar-refractivity contribution in [2.45, 2.75) is 31.8 Å². The highest BCUT2D eigenvalue weighted by Gasteiger charge is 2.55. The standard InChI is InChI=1S/C20H22N2O2/c1-3-11-10-22-16-9-14-12-6-4-5-7-15(12)21-19(14)17(22)8-13(11)18(16)20(23)24-2/h3-7,13,16-18,21H,8-10H2,1-2H3/t13-,16-,17?,18?/m1/s1. The van der Waals surface area contributed by atoms with E-state index in [4.69, 9.17) is 4.74 Å². The minimum Gasteiger partial charge on any atom is -0.469 e. The predicted octanol–water partition coefficient (Wildman–Crippen LogP) is 3.20. The Hall–Kier alpha value is -2.07. The molecule has 2 aromatic rings.